The van der Waals surface area contributed by atoms with Crippen LogP contribution in [0.25, 0.3) is 0 Å². The Morgan fingerprint density at radius 1 is 1.12 bits per heavy atom. The van der Waals surface area contributed by atoms with Crippen molar-refractivity contribution >= 4 is 29.2 Å². The molecule has 0 aliphatic carbocycles. The van der Waals surface area contributed by atoms with Gasteiger partial charge in [-0.05, 0) is 43.2 Å². The Morgan fingerprint density at radius 3 is 2.56 bits per heavy atom. The molecule has 0 aromatic heterocycles. The van der Waals surface area contributed by atoms with Crippen LogP contribution in [0.15, 0.2) is 30.3 Å². The van der Waals surface area contributed by atoms with E-state index in [1.54, 1.807) is 24.3 Å². The molecular formula is C18H18Cl2O5. The summed E-state index contributed by atoms with van der Waals surface area (Å²) in [6, 6.07) is 8.57. The number of hydrogen-bond acceptors (Lipinski definition) is 5. The molecule has 134 valence electrons. The van der Waals surface area contributed by atoms with Gasteiger partial charge in [-0.2, -0.15) is 4.89 Å². The zero-order valence-electron chi connectivity index (χ0n) is 14.1. The van der Waals surface area contributed by atoms with Crippen molar-refractivity contribution in [1.29, 1.82) is 0 Å². The minimum atomic E-state index is -0.669. The van der Waals surface area contributed by atoms with Gasteiger partial charge in [-0.25, -0.2) is 4.79 Å². The average molecular weight is 385 g/mol. The summed E-state index contributed by atoms with van der Waals surface area (Å²) < 4.78 is 10.5. The third kappa shape index (κ3) is 5.09. The Bertz CT molecular complexity index is 761. The van der Waals surface area contributed by atoms with E-state index in [1.807, 2.05) is 19.9 Å². The largest absolute Gasteiger partial charge is 0.488 e. The van der Waals surface area contributed by atoms with Crippen LogP contribution < -0.4 is 4.74 Å². The quantitative estimate of drug-likeness (QED) is 0.294. The van der Waals surface area contributed by atoms with Crippen molar-refractivity contribution in [2.75, 3.05) is 13.9 Å². The minimum Gasteiger partial charge on any atom is -0.488 e. The van der Waals surface area contributed by atoms with Gasteiger partial charge >= 0.3 is 5.97 Å². The zero-order valence-corrected chi connectivity index (χ0v) is 15.6. The molecule has 25 heavy (non-hydrogen) atoms. The lowest BCUT2D eigenvalue weighted by atomic mass is 10.0. The highest BCUT2D eigenvalue weighted by Gasteiger charge is 2.19. The van der Waals surface area contributed by atoms with Gasteiger partial charge in [0.2, 0.25) is 0 Å². The maximum Gasteiger partial charge on any atom is 0.376 e. The lowest BCUT2D eigenvalue weighted by Crippen LogP contribution is -2.11. The van der Waals surface area contributed by atoms with E-state index in [0.29, 0.717) is 15.8 Å². The van der Waals surface area contributed by atoms with Crippen LogP contribution in [0.4, 0.5) is 0 Å². The first-order valence-corrected chi connectivity index (χ1v) is 8.19. The number of carbonyl (C=O) groups excluding carboxylic acids is 1. The van der Waals surface area contributed by atoms with Gasteiger partial charge in [-0.3, -0.25) is 4.89 Å². The topological polar surface area (TPSA) is 54.0 Å². The van der Waals surface area contributed by atoms with Gasteiger partial charge in [-0.15, -0.1) is 0 Å². The number of aryl methyl sites for hydroxylation is 1. The van der Waals surface area contributed by atoms with Crippen LogP contribution in [-0.4, -0.2) is 19.9 Å². The van der Waals surface area contributed by atoms with Gasteiger partial charge in [0, 0.05) is 22.7 Å². The highest BCUT2D eigenvalue weighted by atomic mass is 35.5. The second kappa shape index (κ2) is 9.06. The van der Waals surface area contributed by atoms with Crippen LogP contribution in [0, 0.1) is 13.8 Å². The summed E-state index contributed by atoms with van der Waals surface area (Å²) in [5.74, 6) is -0.255. The third-order valence-electron chi connectivity index (χ3n) is 3.58. The van der Waals surface area contributed by atoms with E-state index in [4.69, 9.17) is 32.8 Å². The predicted octanol–water partition coefficient (Wildman–Crippen LogP) is 4.88. The Labute approximate surface area is 156 Å². The van der Waals surface area contributed by atoms with Gasteiger partial charge in [-0.1, -0.05) is 35.3 Å². The maximum atomic E-state index is 12.2. The molecule has 0 heterocycles. The SMILES string of the molecule is COCOOC(=O)c1ccc(C)c(C)c1OCc1ccc(Cl)cc1Cl. The first-order chi connectivity index (χ1) is 11.9. The summed E-state index contributed by atoms with van der Waals surface area (Å²) in [5.41, 5.74) is 2.81. The first-order valence-electron chi connectivity index (χ1n) is 7.43. The molecule has 0 bridgehead atoms. The van der Waals surface area contributed by atoms with Gasteiger partial charge in [0.25, 0.3) is 0 Å². The van der Waals surface area contributed by atoms with E-state index in [-0.39, 0.29) is 19.0 Å². The molecule has 0 saturated carbocycles. The zero-order chi connectivity index (χ0) is 18.4. The molecule has 0 fully saturated rings. The number of methoxy groups -OCH3 is 1. The normalized spacial score (nSPS) is 10.6. The molecular weight excluding hydrogens is 367 g/mol. The highest BCUT2D eigenvalue weighted by molar-refractivity contribution is 6.35. The molecule has 0 amide bonds. The van der Waals surface area contributed by atoms with Gasteiger partial charge in [0.15, 0.2) is 6.79 Å². The standard InChI is InChI=1S/C18H18Cl2O5/c1-11-4-7-15(18(21)25-24-10-22-3)17(12(11)2)23-9-13-5-6-14(19)8-16(13)20/h4-8H,9-10H2,1-3H3. The highest BCUT2D eigenvalue weighted by Crippen LogP contribution is 2.29. The average Bonchev–Trinajstić information content (AvgIpc) is 2.57. The van der Waals surface area contributed by atoms with Crippen molar-refractivity contribution in [2.45, 2.75) is 20.5 Å². The monoisotopic (exact) mass is 384 g/mol. The maximum absolute atomic E-state index is 12.2. The number of hydrogen-bond donors (Lipinski definition) is 0. The van der Waals surface area contributed by atoms with Crippen LogP contribution in [0.2, 0.25) is 10.0 Å². The van der Waals surface area contributed by atoms with Crippen molar-refractivity contribution in [1.82, 2.24) is 0 Å². The summed E-state index contributed by atoms with van der Waals surface area (Å²) in [5, 5.41) is 1.03. The smallest absolute Gasteiger partial charge is 0.376 e. The summed E-state index contributed by atoms with van der Waals surface area (Å²) >= 11 is 12.1. The van der Waals surface area contributed by atoms with E-state index >= 15 is 0 Å². The molecule has 0 spiro atoms. The number of rotatable bonds is 7. The first kappa shape index (κ1) is 19.5. The summed E-state index contributed by atoms with van der Waals surface area (Å²) in [7, 11) is 1.42. The Kier molecular flexibility index (Phi) is 7.08. The fourth-order valence-electron chi connectivity index (χ4n) is 2.10. The Hall–Kier alpha value is -1.79. The molecule has 2 aromatic rings. The minimum absolute atomic E-state index is 0.160. The molecule has 2 aromatic carbocycles. The molecule has 0 aliphatic heterocycles. The molecule has 0 saturated heterocycles. The number of carbonyl (C=O) groups is 1. The van der Waals surface area contributed by atoms with Crippen molar-refractivity contribution < 1.29 is 24.0 Å². The van der Waals surface area contributed by atoms with Crippen LogP contribution in [0.3, 0.4) is 0 Å². The fraction of sp³-hybridized carbons (Fsp3) is 0.278. The molecule has 7 heteroatoms. The van der Waals surface area contributed by atoms with E-state index in [1.165, 1.54) is 7.11 Å². The lowest BCUT2D eigenvalue weighted by Gasteiger charge is -2.15. The van der Waals surface area contributed by atoms with Crippen LogP contribution in [-0.2, 0) is 21.1 Å². The number of benzene rings is 2. The van der Waals surface area contributed by atoms with Crippen LogP contribution in [0.1, 0.15) is 27.0 Å². The van der Waals surface area contributed by atoms with E-state index in [2.05, 4.69) is 9.62 Å². The second-order valence-corrected chi connectivity index (χ2v) is 6.15. The molecule has 0 N–H and O–H groups in total. The molecule has 0 radical (unpaired) electrons. The lowest BCUT2D eigenvalue weighted by molar-refractivity contribution is -0.286. The third-order valence-corrected chi connectivity index (χ3v) is 4.17. The molecule has 2 rings (SSSR count). The fourth-order valence-corrected chi connectivity index (χ4v) is 2.56. The van der Waals surface area contributed by atoms with Gasteiger partial charge in [0.1, 0.15) is 17.9 Å². The summed E-state index contributed by atoms with van der Waals surface area (Å²) in [4.78, 5) is 21.6. The van der Waals surface area contributed by atoms with Gasteiger partial charge < -0.3 is 9.47 Å². The molecule has 0 aliphatic rings. The van der Waals surface area contributed by atoms with Crippen LogP contribution in [0.5, 0.6) is 5.75 Å². The van der Waals surface area contributed by atoms with Gasteiger partial charge in [0.05, 0.1) is 0 Å². The van der Waals surface area contributed by atoms with Crippen LogP contribution >= 0.6 is 23.2 Å². The molecule has 0 atom stereocenters. The Balaban J connectivity index is 2.23. The van der Waals surface area contributed by atoms with E-state index in [0.717, 1.165) is 16.7 Å². The number of ether oxygens (including phenoxy) is 2. The summed E-state index contributed by atoms with van der Waals surface area (Å²) in [6.07, 6.45) is 0. The summed E-state index contributed by atoms with van der Waals surface area (Å²) in [6.45, 7) is 3.81. The van der Waals surface area contributed by atoms with E-state index in [9.17, 15) is 4.79 Å². The van der Waals surface area contributed by atoms with Crippen molar-refractivity contribution in [2.24, 2.45) is 0 Å². The predicted molar refractivity (Wildman–Crippen MR) is 95.1 cm³/mol. The van der Waals surface area contributed by atoms with Crippen molar-refractivity contribution in [3.05, 3.63) is 62.6 Å². The second-order valence-electron chi connectivity index (χ2n) is 5.30. The molecule has 0 unspecified atom stereocenters. The number of halogens is 2. The van der Waals surface area contributed by atoms with Crippen molar-refractivity contribution in [3.8, 4) is 5.75 Å². The van der Waals surface area contributed by atoms with E-state index < -0.39 is 5.97 Å². The Morgan fingerprint density at radius 2 is 1.88 bits per heavy atom. The molecule has 5 nitrogen and oxygen atoms in total. The van der Waals surface area contributed by atoms with Crippen molar-refractivity contribution in [3.63, 3.8) is 0 Å².